The Balaban J connectivity index is 2.05. The van der Waals surface area contributed by atoms with Gasteiger partial charge < -0.3 is 15.4 Å². The van der Waals surface area contributed by atoms with E-state index in [1.54, 1.807) is 0 Å². The molecule has 1 fully saturated rings. The van der Waals surface area contributed by atoms with E-state index in [9.17, 15) is 9.90 Å². The van der Waals surface area contributed by atoms with Crippen LogP contribution in [0.3, 0.4) is 0 Å². The van der Waals surface area contributed by atoms with Crippen molar-refractivity contribution < 1.29 is 9.90 Å². The molecule has 2 N–H and O–H groups in total. The van der Waals surface area contributed by atoms with Crippen LogP contribution in [0.25, 0.3) is 0 Å². The normalized spacial score (nSPS) is 17.0. The van der Waals surface area contributed by atoms with Crippen molar-refractivity contribution >= 4 is 27.5 Å². The summed E-state index contributed by atoms with van der Waals surface area (Å²) in [7, 11) is 0. The number of aryl methyl sites for hydroxylation is 2. The molecule has 5 heteroatoms. The van der Waals surface area contributed by atoms with Crippen LogP contribution >= 0.6 is 15.9 Å². The Bertz CT molecular complexity index is 595. The predicted molar refractivity (Wildman–Crippen MR) is 101 cm³/mol. The third-order valence-corrected chi connectivity index (χ3v) is 5.54. The maximum Gasteiger partial charge on any atom is 0.254 e. The molecular formula is C19H27BrN2O2. The van der Waals surface area contributed by atoms with Crippen molar-refractivity contribution in [3.63, 3.8) is 0 Å². The first-order valence-electron chi connectivity index (χ1n) is 8.64. The molecule has 0 bridgehead atoms. The molecule has 1 aromatic carbocycles. The second-order valence-corrected chi connectivity index (χ2v) is 7.64. The zero-order valence-electron chi connectivity index (χ0n) is 14.7. The number of carbonyl (C=O) groups is 1. The summed E-state index contributed by atoms with van der Waals surface area (Å²) < 4.78 is 0.996. The number of aliphatic hydroxyl groups excluding tert-OH is 1. The lowest BCUT2D eigenvalue weighted by Gasteiger charge is -2.34. The van der Waals surface area contributed by atoms with Gasteiger partial charge in [-0.1, -0.05) is 22.9 Å². The zero-order valence-corrected chi connectivity index (χ0v) is 16.3. The number of hydrogen-bond acceptors (Lipinski definition) is 3. The predicted octanol–water partition coefficient (Wildman–Crippen LogP) is 3.96. The Kier molecular flexibility index (Phi) is 6.58. The number of halogens is 1. The topological polar surface area (TPSA) is 64.4 Å². The highest BCUT2D eigenvalue weighted by Gasteiger charge is 2.29. The summed E-state index contributed by atoms with van der Waals surface area (Å²) in [5.74, 6) is 0.253. The Labute approximate surface area is 152 Å². The van der Waals surface area contributed by atoms with Crippen LogP contribution in [-0.4, -0.2) is 41.3 Å². The summed E-state index contributed by atoms with van der Waals surface area (Å²) in [4.78, 5) is 14.8. The fourth-order valence-electron chi connectivity index (χ4n) is 3.58. The maximum atomic E-state index is 12.9. The number of likely N-dealkylation sites (tertiary alicyclic amines) is 1. The Hall–Kier alpha value is -1.20. The summed E-state index contributed by atoms with van der Waals surface area (Å²) >= 11 is 3.47. The third kappa shape index (κ3) is 4.06. The molecule has 1 atom stereocenters. The lowest BCUT2D eigenvalue weighted by Crippen LogP contribution is -2.42. The van der Waals surface area contributed by atoms with E-state index in [0.717, 1.165) is 40.4 Å². The number of carbonyl (C=O) groups excluding carboxylic acids is 1. The van der Waals surface area contributed by atoms with E-state index in [4.69, 9.17) is 5.41 Å². The molecule has 2 rings (SSSR count). The smallest absolute Gasteiger partial charge is 0.254 e. The second kappa shape index (κ2) is 8.26. The van der Waals surface area contributed by atoms with Gasteiger partial charge in [-0.05, 0) is 56.4 Å². The van der Waals surface area contributed by atoms with E-state index in [-0.39, 0.29) is 24.3 Å². The van der Waals surface area contributed by atoms with Crippen LogP contribution in [0.5, 0.6) is 0 Å². The van der Waals surface area contributed by atoms with Crippen molar-refractivity contribution in [2.75, 3.05) is 19.7 Å². The number of aliphatic hydroxyl groups is 1. The molecule has 0 spiro atoms. The number of hydrogen-bond donors (Lipinski definition) is 2. The van der Waals surface area contributed by atoms with Gasteiger partial charge in [-0.25, -0.2) is 0 Å². The van der Waals surface area contributed by atoms with Gasteiger partial charge in [-0.15, -0.1) is 0 Å². The lowest BCUT2D eigenvalue weighted by atomic mass is 9.84. The molecule has 1 amide bonds. The van der Waals surface area contributed by atoms with Gasteiger partial charge in [0.1, 0.15) is 0 Å². The number of amides is 1. The zero-order chi connectivity index (χ0) is 17.9. The molecule has 1 aliphatic heterocycles. The fourth-order valence-corrected chi connectivity index (χ4v) is 4.27. The first-order chi connectivity index (χ1) is 11.4. The van der Waals surface area contributed by atoms with Gasteiger partial charge in [-0.3, -0.25) is 4.79 Å². The molecule has 132 valence electrons. The summed E-state index contributed by atoms with van der Waals surface area (Å²) in [6.45, 7) is 7.37. The molecule has 0 saturated carbocycles. The van der Waals surface area contributed by atoms with Gasteiger partial charge in [-0.2, -0.15) is 0 Å². The van der Waals surface area contributed by atoms with E-state index in [2.05, 4.69) is 15.9 Å². The van der Waals surface area contributed by atoms with Gasteiger partial charge >= 0.3 is 0 Å². The lowest BCUT2D eigenvalue weighted by molar-refractivity contribution is 0.0706. The summed E-state index contributed by atoms with van der Waals surface area (Å²) in [6, 6.07) is 3.96. The molecular weight excluding hydrogens is 368 g/mol. The minimum absolute atomic E-state index is 0.0341. The first kappa shape index (κ1) is 19.1. The number of nitrogens with zero attached hydrogens (tertiary/aromatic N) is 1. The Morgan fingerprint density at radius 1 is 1.33 bits per heavy atom. The number of nitrogens with one attached hydrogen (secondary N) is 1. The van der Waals surface area contributed by atoms with Gasteiger partial charge in [0.2, 0.25) is 0 Å². The van der Waals surface area contributed by atoms with Gasteiger partial charge in [0, 0.05) is 40.7 Å². The summed E-state index contributed by atoms with van der Waals surface area (Å²) in [6.07, 6.45) is 2.43. The highest BCUT2D eigenvalue weighted by Crippen LogP contribution is 2.26. The SMILES string of the molecule is CC[C@H](CO)C(=N)C1CCN(C(=O)c2c(C)cc(Br)cc2C)CC1. The Morgan fingerprint density at radius 2 is 1.88 bits per heavy atom. The van der Waals surface area contributed by atoms with Crippen molar-refractivity contribution in [2.24, 2.45) is 11.8 Å². The number of piperidine rings is 1. The van der Waals surface area contributed by atoms with Crippen molar-refractivity contribution in [1.82, 2.24) is 4.90 Å². The molecule has 1 aromatic rings. The second-order valence-electron chi connectivity index (χ2n) is 6.72. The van der Waals surface area contributed by atoms with Crippen molar-refractivity contribution in [3.8, 4) is 0 Å². The van der Waals surface area contributed by atoms with E-state index in [1.807, 2.05) is 37.8 Å². The van der Waals surface area contributed by atoms with E-state index >= 15 is 0 Å². The maximum absolute atomic E-state index is 12.9. The Morgan fingerprint density at radius 3 is 2.33 bits per heavy atom. The van der Waals surface area contributed by atoms with Gasteiger partial charge in [0.15, 0.2) is 0 Å². The minimum atomic E-state index is -0.0341. The quantitative estimate of drug-likeness (QED) is 0.742. The minimum Gasteiger partial charge on any atom is -0.396 e. The first-order valence-corrected chi connectivity index (χ1v) is 9.43. The average Bonchev–Trinajstić information content (AvgIpc) is 2.55. The van der Waals surface area contributed by atoms with E-state index in [1.165, 1.54) is 0 Å². The molecule has 1 heterocycles. The number of rotatable bonds is 5. The molecule has 4 nitrogen and oxygen atoms in total. The number of benzene rings is 1. The van der Waals surface area contributed by atoms with Crippen molar-refractivity contribution in [2.45, 2.75) is 40.0 Å². The van der Waals surface area contributed by atoms with Crippen LogP contribution in [0.15, 0.2) is 16.6 Å². The molecule has 1 aliphatic rings. The summed E-state index contributed by atoms with van der Waals surface area (Å²) in [5.41, 5.74) is 3.44. The van der Waals surface area contributed by atoms with Crippen LogP contribution in [0.1, 0.15) is 47.7 Å². The molecule has 0 aromatic heterocycles. The molecule has 0 aliphatic carbocycles. The molecule has 1 saturated heterocycles. The molecule has 0 unspecified atom stereocenters. The molecule has 24 heavy (non-hydrogen) atoms. The molecule has 0 radical (unpaired) electrons. The van der Waals surface area contributed by atoms with Crippen LogP contribution in [-0.2, 0) is 0 Å². The third-order valence-electron chi connectivity index (χ3n) is 5.09. The monoisotopic (exact) mass is 394 g/mol. The van der Waals surface area contributed by atoms with Crippen molar-refractivity contribution in [3.05, 3.63) is 33.3 Å². The highest BCUT2D eigenvalue weighted by atomic mass is 79.9. The van der Waals surface area contributed by atoms with Gasteiger partial charge in [0.25, 0.3) is 5.91 Å². The average molecular weight is 395 g/mol. The highest BCUT2D eigenvalue weighted by molar-refractivity contribution is 9.10. The van der Waals surface area contributed by atoms with Crippen molar-refractivity contribution in [1.29, 1.82) is 5.41 Å². The summed E-state index contributed by atoms with van der Waals surface area (Å²) in [5, 5.41) is 17.7. The van der Waals surface area contributed by atoms with Crippen LogP contribution in [0.4, 0.5) is 0 Å². The fraction of sp³-hybridized carbons (Fsp3) is 0.579. The standard InChI is InChI=1S/C19H27BrN2O2/c1-4-14(11-23)18(21)15-5-7-22(8-6-15)19(24)17-12(2)9-16(20)10-13(17)3/h9-10,14-15,21,23H,4-8,11H2,1-3H3/t14-/m1/s1. The van der Waals surface area contributed by atoms with Crippen LogP contribution < -0.4 is 0 Å². The van der Waals surface area contributed by atoms with E-state index < -0.39 is 0 Å². The van der Waals surface area contributed by atoms with E-state index in [0.29, 0.717) is 18.8 Å². The van der Waals surface area contributed by atoms with Crippen LogP contribution in [0.2, 0.25) is 0 Å². The van der Waals surface area contributed by atoms with Gasteiger partial charge in [0.05, 0.1) is 6.61 Å². The van der Waals surface area contributed by atoms with Crippen LogP contribution in [0, 0.1) is 31.1 Å². The largest absolute Gasteiger partial charge is 0.396 e.